The summed E-state index contributed by atoms with van der Waals surface area (Å²) >= 11 is 0. The Morgan fingerprint density at radius 2 is 2.00 bits per heavy atom. The molecule has 1 aliphatic heterocycles. The highest BCUT2D eigenvalue weighted by atomic mass is 16.5. The van der Waals surface area contributed by atoms with Gasteiger partial charge in [-0.15, -0.1) is 0 Å². The summed E-state index contributed by atoms with van der Waals surface area (Å²) in [5.41, 5.74) is 0. The van der Waals surface area contributed by atoms with Gasteiger partial charge in [0.1, 0.15) is 0 Å². The van der Waals surface area contributed by atoms with Gasteiger partial charge in [0.2, 0.25) is 0 Å². The Bertz CT molecular complexity index is 170. The lowest BCUT2D eigenvalue weighted by Gasteiger charge is -2.25. The molecule has 2 nitrogen and oxygen atoms in total. The fourth-order valence-electron chi connectivity index (χ4n) is 2.81. The minimum Gasteiger partial charge on any atom is -0.381 e. The standard InChI is InChI=1S/C15H31NO/c1-4-8-16-15(10-13(5-2)6-3)11-14-7-9-17-12-14/h13-16H,4-12H2,1-3H3. The molecule has 1 aliphatic rings. The zero-order chi connectivity index (χ0) is 12.5. The van der Waals surface area contributed by atoms with Crippen molar-refractivity contribution in [2.75, 3.05) is 19.8 Å². The van der Waals surface area contributed by atoms with E-state index < -0.39 is 0 Å². The Hall–Kier alpha value is -0.0800. The van der Waals surface area contributed by atoms with E-state index in [0.29, 0.717) is 6.04 Å². The lowest BCUT2D eigenvalue weighted by molar-refractivity contribution is 0.179. The van der Waals surface area contributed by atoms with Gasteiger partial charge in [-0.25, -0.2) is 0 Å². The number of nitrogens with one attached hydrogen (secondary N) is 1. The van der Waals surface area contributed by atoms with Crippen molar-refractivity contribution < 1.29 is 4.74 Å². The summed E-state index contributed by atoms with van der Waals surface area (Å²) in [4.78, 5) is 0. The predicted octanol–water partition coefficient (Wildman–Crippen LogP) is 3.61. The van der Waals surface area contributed by atoms with E-state index in [0.717, 1.165) is 25.0 Å². The Kier molecular flexibility index (Phi) is 7.87. The van der Waals surface area contributed by atoms with E-state index in [1.807, 2.05) is 0 Å². The fraction of sp³-hybridized carbons (Fsp3) is 1.00. The molecule has 1 fully saturated rings. The first-order valence-corrected chi connectivity index (χ1v) is 7.61. The first-order valence-electron chi connectivity index (χ1n) is 7.61. The molecule has 0 spiro atoms. The van der Waals surface area contributed by atoms with Gasteiger partial charge < -0.3 is 10.1 Å². The Morgan fingerprint density at radius 3 is 2.53 bits per heavy atom. The van der Waals surface area contributed by atoms with Crippen molar-refractivity contribution in [3.8, 4) is 0 Å². The summed E-state index contributed by atoms with van der Waals surface area (Å²) in [6.07, 6.45) is 7.82. The number of rotatable bonds is 9. The average molecular weight is 241 g/mol. The van der Waals surface area contributed by atoms with Crippen LogP contribution in [-0.2, 0) is 4.74 Å². The molecular weight excluding hydrogens is 210 g/mol. The maximum atomic E-state index is 5.49. The highest BCUT2D eigenvalue weighted by Crippen LogP contribution is 2.23. The van der Waals surface area contributed by atoms with Gasteiger partial charge in [0.05, 0.1) is 0 Å². The first kappa shape index (κ1) is 15.0. The smallest absolute Gasteiger partial charge is 0.0495 e. The zero-order valence-corrected chi connectivity index (χ0v) is 12.0. The predicted molar refractivity (Wildman–Crippen MR) is 74.3 cm³/mol. The normalized spacial score (nSPS) is 22.2. The highest BCUT2D eigenvalue weighted by molar-refractivity contribution is 4.76. The second-order valence-electron chi connectivity index (χ2n) is 5.53. The summed E-state index contributed by atoms with van der Waals surface area (Å²) in [5.74, 6) is 1.70. The second-order valence-corrected chi connectivity index (χ2v) is 5.53. The van der Waals surface area contributed by atoms with E-state index in [4.69, 9.17) is 4.74 Å². The molecule has 2 atom stereocenters. The second kappa shape index (κ2) is 8.93. The Balaban J connectivity index is 2.34. The van der Waals surface area contributed by atoms with Crippen molar-refractivity contribution in [3.05, 3.63) is 0 Å². The van der Waals surface area contributed by atoms with Crippen LogP contribution < -0.4 is 5.32 Å². The molecule has 1 N–H and O–H groups in total. The molecule has 0 aromatic carbocycles. The van der Waals surface area contributed by atoms with Crippen LogP contribution in [0.3, 0.4) is 0 Å². The lowest BCUT2D eigenvalue weighted by atomic mass is 9.89. The quantitative estimate of drug-likeness (QED) is 0.666. The molecule has 1 heterocycles. The number of hydrogen-bond donors (Lipinski definition) is 1. The molecule has 1 rings (SSSR count). The van der Waals surface area contributed by atoms with Gasteiger partial charge in [-0.05, 0) is 44.1 Å². The van der Waals surface area contributed by atoms with Gasteiger partial charge in [-0.1, -0.05) is 33.6 Å². The van der Waals surface area contributed by atoms with Crippen molar-refractivity contribution in [2.45, 2.75) is 65.3 Å². The molecule has 0 radical (unpaired) electrons. The van der Waals surface area contributed by atoms with Crippen molar-refractivity contribution in [2.24, 2.45) is 11.8 Å². The first-order chi connectivity index (χ1) is 8.30. The molecule has 0 aromatic rings. The van der Waals surface area contributed by atoms with Crippen LogP contribution in [-0.4, -0.2) is 25.8 Å². The summed E-state index contributed by atoms with van der Waals surface area (Å²) in [5, 5.41) is 3.74. The largest absolute Gasteiger partial charge is 0.381 e. The van der Waals surface area contributed by atoms with E-state index in [-0.39, 0.29) is 0 Å². The molecule has 0 bridgehead atoms. The summed E-state index contributed by atoms with van der Waals surface area (Å²) in [6, 6.07) is 0.714. The fourth-order valence-corrected chi connectivity index (χ4v) is 2.81. The number of ether oxygens (including phenoxy) is 1. The topological polar surface area (TPSA) is 21.3 Å². The number of hydrogen-bond acceptors (Lipinski definition) is 2. The van der Waals surface area contributed by atoms with Crippen LogP contribution in [0.4, 0.5) is 0 Å². The molecule has 2 heteroatoms. The molecule has 0 aliphatic carbocycles. The van der Waals surface area contributed by atoms with Crippen LogP contribution in [0.2, 0.25) is 0 Å². The maximum absolute atomic E-state index is 5.49. The van der Waals surface area contributed by atoms with Crippen molar-refractivity contribution in [1.29, 1.82) is 0 Å². The minimum absolute atomic E-state index is 0.714. The van der Waals surface area contributed by atoms with E-state index in [2.05, 4.69) is 26.1 Å². The van der Waals surface area contributed by atoms with E-state index in [1.54, 1.807) is 0 Å². The van der Waals surface area contributed by atoms with Crippen LogP contribution in [0.1, 0.15) is 59.3 Å². The van der Waals surface area contributed by atoms with Gasteiger partial charge in [0.25, 0.3) is 0 Å². The maximum Gasteiger partial charge on any atom is 0.0495 e. The molecule has 17 heavy (non-hydrogen) atoms. The van der Waals surface area contributed by atoms with Crippen LogP contribution in [0, 0.1) is 11.8 Å². The Labute approximate surface area is 108 Å². The third kappa shape index (κ3) is 5.87. The van der Waals surface area contributed by atoms with Gasteiger partial charge in [0, 0.05) is 19.3 Å². The molecule has 102 valence electrons. The summed E-state index contributed by atoms with van der Waals surface area (Å²) < 4.78 is 5.49. The van der Waals surface area contributed by atoms with E-state index in [1.165, 1.54) is 45.1 Å². The van der Waals surface area contributed by atoms with Gasteiger partial charge in [-0.2, -0.15) is 0 Å². The van der Waals surface area contributed by atoms with Crippen molar-refractivity contribution >= 4 is 0 Å². The molecule has 0 aromatic heterocycles. The van der Waals surface area contributed by atoms with Gasteiger partial charge in [0.15, 0.2) is 0 Å². The van der Waals surface area contributed by atoms with Crippen molar-refractivity contribution in [3.63, 3.8) is 0 Å². The van der Waals surface area contributed by atoms with Crippen LogP contribution in [0.5, 0.6) is 0 Å². The van der Waals surface area contributed by atoms with E-state index >= 15 is 0 Å². The monoisotopic (exact) mass is 241 g/mol. The third-order valence-electron chi connectivity index (χ3n) is 4.10. The molecule has 0 amide bonds. The van der Waals surface area contributed by atoms with Crippen LogP contribution in [0.15, 0.2) is 0 Å². The molecular formula is C15H31NO. The summed E-state index contributed by atoms with van der Waals surface area (Å²) in [6.45, 7) is 10.0. The summed E-state index contributed by atoms with van der Waals surface area (Å²) in [7, 11) is 0. The minimum atomic E-state index is 0.714. The Morgan fingerprint density at radius 1 is 1.24 bits per heavy atom. The lowest BCUT2D eigenvalue weighted by Crippen LogP contribution is -2.33. The van der Waals surface area contributed by atoms with Crippen LogP contribution >= 0.6 is 0 Å². The highest BCUT2D eigenvalue weighted by Gasteiger charge is 2.22. The third-order valence-corrected chi connectivity index (χ3v) is 4.10. The average Bonchev–Trinajstić information content (AvgIpc) is 2.85. The van der Waals surface area contributed by atoms with Crippen molar-refractivity contribution in [1.82, 2.24) is 5.32 Å². The molecule has 0 saturated carbocycles. The van der Waals surface area contributed by atoms with E-state index in [9.17, 15) is 0 Å². The van der Waals surface area contributed by atoms with Crippen LogP contribution in [0.25, 0.3) is 0 Å². The van der Waals surface area contributed by atoms with Gasteiger partial charge >= 0.3 is 0 Å². The molecule has 1 saturated heterocycles. The van der Waals surface area contributed by atoms with Gasteiger partial charge in [-0.3, -0.25) is 0 Å². The molecule has 2 unspecified atom stereocenters. The SMILES string of the molecule is CCCNC(CC(CC)CC)CC1CCOC1. The zero-order valence-electron chi connectivity index (χ0n) is 12.0.